The van der Waals surface area contributed by atoms with Gasteiger partial charge in [-0.1, -0.05) is 31.1 Å². The zero-order valence-corrected chi connectivity index (χ0v) is 17.3. The maximum Gasteiger partial charge on any atom is 0.257 e. The Balaban J connectivity index is 1.49. The smallest absolute Gasteiger partial charge is 0.257 e. The quantitative estimate of drug-likeness (QED) is 0.644. The van der Waals surface area contributed by atoms with Gasteiger partial charge < -0.3 is 14.3 Å². The monoisotopic (exact) mass is 390 g/mol. The lowest BCUT2D eigenvalue weighted by Gasteiger charge is -2.17. The molecule has 1 unspecified atom stereocenters. The third-order valence-electron chi connectivity index (χ3n) is 5.43. The van der Waals surface area contributed by atoms with Crippen LogP contribution >= 0.6 is 0 Å². The first-order chi connectivity index (χ1) is 13.9. The van der Waals surface area contributed by atoms with Crippen LogP contribution in [0.3, 0.4) is 0 Å². The van der Waals surface area contributed by atoms with Crippen molar-refractivity contribution < 1.29 is 9.32 Å². The fourth-order valence-electron chi connectivity index (χ4n) is 3.59. The highest BCUT2D eigenvalue weighted by molar-refractivity contribution is 5.96. The zero-order valence-electron chi connectivity index (χ0n) is 17.3. The van der Waals surface area contributed by atoms with Crippen molar-refractivity contribution in [3.63, 3.8) is 0 Å². The number of nitrogens with zero attached hydrogens (tertiary/aromatic N) is 4. The van der Waals surface area contributed by atoms with Gasteiger partial charge in [0.05, 0.1) is 0 Å². The standard InChI is InChI=1S/C23H26N4O2/c1-15(2)16-5-11-20(12-6-16)27-14-18(13-21(27)28)22-24-23(29-25-22)17-7-9-19(10-8-17)26(3)4/h5-12,15,18H,13-14H2,1-4H3. The molecule has 1 aliphatic heterocycles. The second-order valence-electron chi connectivity index (χ2n) is 8.05. The predicted octanol–water partition coefficient (Wildman–Crippen LogP) is 4.45. The lowest BCUT2D eigenvalue weighted by Crippen LogP contribution is -2.24. The molecule has 6 heteroatoms. The molecule has 0 bridgehead atoms. The van der Waals surface area contributed by atoms with Gasteiger partial charge >= 0.3 is 0 Å². The number of amides is 1. The highest BCUT2D eigenvalue weighted by Gasteiger charge is 2.34. The summed E-state index contributed by atoms with van der Waals surface area (Å²) in [6.07, 6.45) is 0.393. The maximum atomic E-state index is 12.6. The Morgan fingerprint density at radius 3 is 2.38 bits per heavy atom. The molecule has 4 rings (SSSR count). The van der Waals surface area contributed by atoms with E-state index in [-0.39, 0.29) is 11.8 Å². The molecule has 1 fully saturated rings. The molecule has 1 amide bonds. The molecule has 1 aromatic heterocycles. The van der Waals surface area contributed by atoms with Gasteiger partial charge in [0.1, 0.15) is 0 Å². The lowest BCUT2D eigenvalue weighted by molar-refractivity contribution is -0.117. The van der Waals surface area contributed by atoms with E-state index in [1.807, 2.05) is 60.3 Å². The topological polar surface area (TPSA) is 62.5 Å². The van der Waals surface area contributed by atoms with Gasteiger partial charge in [0.15, 0.2) is 5.82 Å². The number of aromatic nitrogens is 2. The molecule has 6 nitrogen and oxygen atoms in total. The first-order valence-corrected chi connectivity index (χ1v) is 9.94. The van der Waals surface area contributed by atoms with E-state index in [1.54, 1.807) is 0 Å². The van der Waals surface area contributed by atoms with Gasteiger partial charge in [0.25, 0.3) is 5.89 Å². The van der Waals surface area contributed by atoms with E-state index in [1.165, 1.54) is 5.56 Å². The predicted molar refractivity (Wildman–Crippen MR) is 114 cm³/mol. The minimum absolute atomic E-state index is 0.0641. The van der Waals surface area contributed by atoms with Crippen LogP contribution in [0, 0.1) is 0 Å². The summed E-state index contributed by atoms with van der Waals surface area (Å²) < 4.78 is 5.48. The van der Waals surface area contributed by atoms with Crippen molar-refractivity contribution in [1.82, 2.24) is 10.1 Å². The summed E-state index contributed by atoms with van der Waals surface area (Å²) in [5.41, 5.74) is 4.17. The number of carbonyl (C=O) groups excluding carboxylic acids is 1. The van der Waals surface area contributed by atoms with Crippen molar-refractivity contribution in [2.45, 2.75) is 32.1 Å². The van der Waals surface area contributed by atoms with Gasteiger partial charge in [-0.15, -0.1) is 0 Å². The van der Waals surface area contributed by atoms with Crippen molar-refractivity contribution in [3.8, 4) is 11.5 Å². The largest absolute Gasteiger partial charge is 0.378 e. The molecule has 29 heavy (non-hydrogen) atoms. The Morgan fingerprint density at radius 2 is 1.76 bits per heavy atom. The summed E-state index contributed by atoms with van der Waals surface area (Å²) in [4.78, 5) is 21.0. The van der Waals surface area contributed by atoms with Crippen molar-refractivity contribution in [3.05, 3.63) is 59.9 Å². The molecule has 1 aliphatic rings. The molecule has 3 aromatic rings. The first-order valence-electron chi connectivity index (χ1n) is 9.94. The van der Waals surface area contributed by atoms with E-state index in [4.69, 9.17) is 4.52 Å². The van der Waals surface area contributed by atoms with E-state index in [0.29, 0.717) is 30.6 Å². The molecule has 150 valence electrons. The van der Waals surface area contributed by atoms with Crippen molar-refractivity contribution >= 4 is 17.3 Å². The molecule has 0 spiro atoms. The van der Waals surface area contributed by atoms with Crippen LogP contribution in [0.5, 0.6) is 0 Å². The summed E-state index contributed by atoms with van der Waals surface area (Å²) in [6.45, 7) is 4.89. The van der Waals surface area contributed by atoms with Crippen molar-refractivity contribution in [2.24, 2.45) is 0 Å². The summed E-state index contributed by atoms with van der Waals surface area (Å²) in [5, 5.41) is 4.16. The number of hydrogen-bond acceptors (Lipinski definition) is 5. The number of benzene rings is 2. The van der Waals surface area contributed by atoms with Crippen LogP contribution in [-0.2, 0) is 4.79 Å². The number of anilines is 2. The number of rotatable bonds is 5. The molecule has 0 N–H and O–H groups in total. The van der Waals surface area contributed by atoms with Gasteiger partial charge in [0.2, 0.25) is 5.91 Å². The Bertz CT molecular complexity index is 990. The average molecular weight is 390 g/mol. The van der Waals surface area contributed by atoms with Gasteiger partial charge in [0, 0.05) is 49.9 Å². The van der Waals surface area contributed by atoms with E-state index in [0.717, 1.165) is 16.9 Å². The van der Waals surface area contributed by atoms with Crippen LogP contribution in [0.25, 0.3) is 11.5 Å². The van der Waals surface area contributed by atoms with E-state index in [2.05, 4.69) is 36.1 Å². The van der Waals surface area contributed by atoms with E-state index in [9.17, 15) is 4.79 Å². The van der Waals surface area contributed by atoms with Crippen LogP contribution in [-0.4, -0.2) is 36.7 Å². The first kappa shape index (κ1) is 19.2. The second-order valence-corrected chi connectivity index (χ2v) is 8.05. The third-order valence-corrected chi connectivity index (χ3v) is 5.43. The van der Waals surface area contributed by atoms with Crippen LogP contribution < -0.4 is 9.80 Å². The Hall–Kier alpha value is -3.15. The van der Waals surface area contributed by atoms with E-state index < -0.39 is 0 Å². The third kappa shape index (κ3) is 3.88. The molecule has 0 saturated carbocycles. The van der Waals surface area contributed by atoms with Crippen molar-refractivity contribution in [2.75, 3.05) is 30.4 Å². The highest BCUT2D eigenvalue weighted by atomic mass is 16.5. The molecule has 0 aliphatic carbocycles. The zero-order chi connectivity index (χ0) is 20.5. The summed E-state index contributed by atoms with van der Waals surface area (Å²) in [7, 11) is 4.00. The van der Waals surface area contributed by atoms with Crippen LogP contribution in [0.1, 0.15) is 43.5 Å². The van der Waals surface area contributed by atoms with Gasteiger partial charge in [-0.25, -0.2) is 0 Å². The van der Waals surface area contributed by atoms with Gasteiger partial charge in [-0.3, -0.25) is 4.79 Å². The Labute approximate surface area is 171 Å². The molecule has 0 radical (unpaired) electrons. The fourth-order valence-corrected chi connectivity index (χ4v) is 3.59. The van der Waals surface area contributed by atoms with Gasteiger partial charge in [-0.2, -0.15) is 4.98 Å². The fraction of sp³-hybridized carbons (Fsp3) is 0.348. The summed E-state index contributed by atoms with van der Waals surface area (Å²) in [6, 6.07) is 16.2. The summed E-state index contributed by atoms with van der Waals surface area (Å²) >= 11 is 0. The number of hydrogen-bond donors (Lipinski definition) is 0. The molecular formula is C23H26N4O2. The van der Waals surface area contributed by atoms with E-state index >= 15 is 0 Å². The average Bonchev–Trinajstić information content (AvgIpc) is 3.35. The van der Waals surface area contributed by atoms with Crippen LogP contribution in [0.4, 0.5) is 11.4 Å². The molecule has 1 saturated heterocycles. The minimum atomic E-state index is -0.0641. The molecule has 2 heterocycles. The lowest BCUT2D eigenvalue weighted by atomic mass is 10.0. The Morgan fingerprint density at radius 1 is 1.07 bits per heavy atom. The normalized spacial score (nSPS) is 16.7. The molecule has 1 atom stereocenters. The number of carbonyl (C=O) groups is 1. The van der Waals surface area contributed by atoms with Crippen LogP contribution in [0.2, 0.25) is 0 Å². The SMILES string of the molecule is CC(C)c1ccc(N2CC(c3noc(-c4ccc(N(C)C)cc4)n3)CC2=O)cc1. The maximum absolute atomic E-state index is 12.6. The second kappa shape index (κ2) is 7.70. The molecular weight excluding hydrogens is 364 g/mol. The van der Waals surface area contributed by atoms with Crippen LogP contribution in [0.15, 0.2) is 53.1 Å². The minimum Gasteiger partial charge on any atom is -0.378 e. The molecule has 2 aromatic carbocycles. The van der Waals surface area contributed by atoms with Gasteiger partial charge in [-0.05, 0) is 47.9 Å². The van der Waals surface area contributed by atoms with Crippen molar-refractivity contribution in [1.29, 1.82) is 0 Å². The highest BCUT2D eigenvalue weighted by Crippen LogP contribution is 2.32. The summed E-state index contributed by atoms with van der Waals surface area (Å²) in [5.74, 6) is 1.57. The Kier molecular flexibility index (Phi) is 5.09.